The van der Waals surface area contributed by atoms with E-state index in [9.17, 15) is 4.79 Å². The second kappa shape index (κ2) is 8.64. The van der Waals surface area contributed by atoms with Crippen molar-refractivity contribution in [1.82, 2.24) is 0 Å². The van der Waals surface area contributed by atoms with Gasteiger partial charge < -0.3 is 16.8 Å². The highest BCUT2D eigenvalue weighted by atomic mass is 16.1. The number of rotatable bonds is 5. The molecule has 0 atom stereocenters. The van der Waals surface area contributed by atoms with Crippen LogP contribution in [0.3, 0.4) is 0 Å². The molecule has 0 bridgehead atoms. The number of hydrogen-bond acceptors (Lipinski definition) is 3. The Kier molecular flexibility index (Phi) is 5.81. The van der Waals surface area contributed by atoms with E-state index in [0.717, 1.165) is 16.7 Å². The van der Waals surface area contributed by atoms with Gasteiger partial charge in [0.2, 0.25) is 5.96 Å². The molecule has 0 spiro atoms. The second-order valence-corrected chi connectivity index (χ2v) is 6.19. The number of nitrogens with zero attached hydrogens (tertiary/aromatic N) is 2. The van der Waals surface area contributed by atoms with Gasteiger partial charge in [-0.2, -0.15) is 5.10 Å². The van der Waals surface area contributed by atoms with E-state index in [1.807, 2.05) is 72.8 Å². The summed E-state index contributed by atoms with van der Waals surface area (Å²) in [6.45, 7) is 1.79. The average molecular weight is 371 g/mol. The van der Waals surface area contributed by atoms with Crippen LogP contribution in [0, 0.1) is 0 Å². The number of nitrogens with one attached hydrogen (secondary N) is 1. The largest absolute Gasteiger partial charge is 0.369 e. The van der Waals surface area contributed by atoms with Crippen LogP contribution < -0.4 is 16.8 Å². The Labute approximate surface area is 163 Å². The molecule has 6 heteroatoms. The number of guanidine groups is 1. The van der Waals surface area contributed by atoms with Crippen molar-refractivity contribution < 1.29 is 4.79 Å². The first-order chi connectivity index (χ1) is 13.5. The molecule has 3 rings (SSSR count). The van der Waals surface area contributed by atoms with E-state index in [4.69, 9.17) is 11.5 Å². The summed E-state index contributed by atoms with van der Waals surface area (Å²) in [6, 6.07) is 24.8. The molecule has 3 aromatic rings. The van der Waals surface area contributed by atoms with Gasteiger partial charge >= 0.3 is 0 Å². The molecule has 0 saturated carbocycles. The second-order valence-electron chi connectivity index (χ2n) is 6.19. The molecule has 5 N–H and O–H groups in total. The van der Waals surface area contributed by atoms with E-state index in [1.165, 1.54) is 0 Å². The van der Waals surface area contributed by atoms with Crippen LogP contribution in [0.25, 0.3) is 11.1 Å². The fourth-order valence-electron chi connectivity index (χ4n) is 2.69. The lowest BCUT2D eigenvalue weighted by molar-refractivity contribution is 0.102. The molecule has 0 radical (unpaired) electrons. The molecule has 0 heterocycles. The van der Waals surface area contributed by atoms with E-state index in [0.29, 0.717) is 17.0 Å². The third-order valence-electron chi connectivity index (χ3n) is 4.09. The zero-order valence-electron chi connectivity index (χ0n) is 15.5. The minimum Gasteiger partial charge on any atom is -0.369 e. The monoisotopic (exact) mass is 371 g/mol. The van der Waals surface area contributed by atoms with Crippen LogP contribution in [-0.2, 0) is 0 Å². The number of carbonyl (C=O) groups is 1. The van der Waals surface area contributed by atoms with Crippen molar-refractivity contribution >= 4 is 23.3 Å². The van der Waals surface area contributed by atoms with Crippen molar-refractivity contribution in [1.29, 1.82) is 0 Å². The summed E-state index contributed by atoms with van der Waals surface area (Å²) >= 11 is 0. The van der Waals surface area contributed by atoms with Gasteiger partial charge in [0.05, 0.1) is 5.71 Å². The van der Waals surface area contributed by atoms with Crippen molar-refractivity contribution in [2.24, 2.45) is 21.7 Å². The SMILES string of the molecule is C/C(=N\N=C(N)N)c1cccc(NC(=O)c2cccc(-c3ccccc3)c2)c1. The molecule has 6 nitrogen and oxygen atoms in total. The van der Waals surface area contributed by atoms with Gasteiger partial charge in [0.25, 0.3) is 5.91 Å². The molecule has 0 aromatic heterocycles. The first kappa shape index (κ1) is 18.8. The number of hydrogen-bond donors (Lipinski definition) is 3. The van der Waals surface area contributed by atoms with E-state index in [1.54, 1.807) is 13.0 Å². The topological polar surface area (TPSA) is 106 Å². The maximum Gasteiger partial charge on any atom is 0.255 e. The molecule has 0 aliphatic heterocycles. The van der Waals surface area contributed by atoms with Gasteiger partial charge in [0.15, 0.2) is 0 Å². The predicted octanol–water partition coefficient (Wildman–Crippen LogP) is 3.60. The summed E-state index contributed by atoms with van der Waals surface area (Å²) in [4.78, 5) is 12.7. The summed E-state index contributed by atoms with van der Waals surface area (Å²) in [6.07, 6.45) is 0. The Hall–Kier alpha value is -3.93. The third-order valence-corrected chi connectivity index (χ3v) is 4.09. The number of carbonyl (C=O) groups excluding carboxylic acids is 1. The molecule has 0 saturated heterocycles. The van der Waals surface area contributed by atoms with Gasteiger partial charge in [-0.25, -0.2) is 0 Å². The predicted molar refractivity (Wildman–Crippen MR) is 114 cm³/mol. The van der Waals surface area contributed by atoms with Gasteiger partial charge in [-0.1, -0.05) is 54.6 Å². The molecule has 3 aromatic carbocycles. The van der Waals surface area contributed by atoms with Crippen LogP contribution in [-0.4, -0.2) is 17.6 Å². The Morgan fingerprint density at radius 1 is 0.786 bits per heavy atom. The van der Waals surface area contributed by atoms with E-state index in [2.05, 4.69) is 15.5 Å². The average Bonchev–Trinajstić information content (AvgIpc) is 2.73. The number of anilines is 1. The Morgan fingerprint density at radius 3 is 2.21 bits per heavy atom. The highest BCUT2D eigenvalue weighted by molar-refractivity contribution is 6.06. The van der Waals surface area contributed by atoms with Gasteiger partial charge in [0.1, 0.15) is 0 Å². The van der Waals surface area contributed by atoms with Crippen LogP contribution >= 0.6 is 0 Å². The van der Waals surface area contributed by atoms with E-state index >= 15 is 0 Å². The van der Waals surface area contributed by atoms with Crippen LogP contribution in [0.2, 0.25) is 0 Å². The van der Waals surface area contributed by atoms with Crippen LogP contribution in [0.1, 0.15) is 22.8 Å². The van der Waals surface area contributed by atoms with Crippen molar-refractivity contribution in [3.8, 4) is 11.1 Å². The molecule has 28 heavy (non-hydrogen) atoms. The van der Waals surface area contributed by atoms with Gasteiger partial charge in [0, 0.05) is 11.3 Å². The maximum atomic E-state index is 12.7. The van der Waals surface area contributed by atoms with Crippen molar-refractivity contribution in [3.05, 3.63) is 90.0 Å². The zero-order valence-corrected chi connectivity index (χ0v) is 15.5. The molecular formula is C22H21N5O. The minimum absolute atomic E-state index is 0.109. The van der Waals surface area contributed by atoms with E-state index < -0.39 is 0 Å². The lowest BCUT2D eigenvalue weighted by Crippen LogP contribution is -2.22. The normalized spacial score (nSPS) is 11.0. The van der Waals surface area contributed by atoms with Crippen LogP contribution in [0.15, 0.2) is 89.1 Å². The summed E-state index contributed by atoms with van der Waals surface area (Å²) < 4.78 is 0. The van der Waals surface area contributed by atoms with E-state index in [-0.39, 0.29) is 11.9 Å². The molecule has 140 valence electrons. The van der Waals surface area contributed by atoms with Crippen LogP contribution in [0.5, 0.6) is 0 Å². The minimum atomic E-state index is -0.186. The quantitative estimate of drug-likeness (QED) is 0.362. The number of amides is 1. The molecular weight excluding hydrogens is 350 g/mol. The number of benzene rings is 3. The van der Waals surface area contributed by atoms with Crippen molar-refractivity contribution in [3.63, 3.8) is 0 Å². The summed E-state index contributed by atoms with van der Waals surface area (Å²) in [5.41, 5.74) is 15.3. The van der Waals surface area contributed by atoms with Crippen molar-refractivity contribution in [2.45, 2.75) is 6.92 Å². The Morgan fingerprint density at radius 2 is 1.46 bits per heavy atom. The van der Waals surface area contributed by atoms with Crippen LogP contribution in [0.4, 0.5) is 5.69 Å². The zero-order chi connectivity index (χ0) is 19.9. The highest BCUT2D eigenvalue weighted by Gasteiger charge is 2.09. The molecule has 0 aliphatic carbocycles. The molecule has 0 aliphatic rings. The van der Waals surface area contributed by atoms with Gasteiger partial charge in [-0.3, -0.25) is 4.79 Å². The highest BCUT2D eigenvalue weighted by Crippen LogP contribution is 2.21. The van der Waals surface area contributed by atoms with Crippen molar-refractivity contribution in [2.75, 3.05) is 5.32 Å². The standard InChI is InChI=1S/C22H21N5O/c1-15(26-27-22(23)24)17-9-6-12-20(14-17)25-21(28)19-11-5-10-18(13-19)16-7-3-2-4-8-16/h2-14H,1H3,(H,25,28)(H4,23,24,27)/b26-15+. The van der Waals surface area contributed by atoms with Gasteiger partial charge in [-0.05, 0) is 47.9 Å². The molecule has 1 amide bonds. The fourth-order valence-corrected chi connectivity index (χ4v) is 2.69. The summed E-state index contributed by atoms with van der Waals surface area (Å²) in [5, 5.41) is 10.5. The lowest BCUT2D eigenvalue weighted by atomic mass is 10.0. The fraction of sp³-hybridized carbons (Fsp3) is 0.0455. The first-order valence-electron chi connectivity index (χ1n) is 8.73. The maximum absolute atomic E-state index is 12.7. The molecule has 0 unspecified atom stereocenters. The summed E-state index contributed by atoms with van der Waals surface area (Å²) in [5.74, 6) is -0.296. The Balaban J connectivity index is 1.80. The smallest absolute Gasteiger partial charge is 0.255 e. The lowest BCUT2D eigenvalue weighted by Gasteiger charge is -2.09. The first-order valence-corrected chi connectivity index (χ1v) is 8.73. The number of nitrogens with two attached hydrogens (primary N) is 2. The Bertz CT molecular complexity index is 1040. The molecule has 0 fully saturated rings. The summed E-state index contributed by atoms with van der Waals surface area (Å²) in [7, 11) is 0. The van der Waals surface area contributed by atoms with Gasteiger partial charge in [-0.15, -0.1) is 5.10 Å². The third kappa shape index (κ3) is 4.82.